The van der Waals surface area contributed by atoms with Crippen molar-refractivity contribution in [3.63, 3.8) is 0 Å². The van der Waals surface area contributed by atoms with Gasteiger partial charge in [0.05, 0.1) is 6.42 Å². The molecule has 1 aromatic heterocycles. The molecule has 4 rings (SSSR count). The third-order valence-electron chi connectivity index (χ3n) is 5.51. The number of nitrogens with one attached hydrogen (secondary N) is 2. The van der Waals surface area contributed by atoms with E-state index >= 15 is 0 Å². The second-order valence-electron chi connectivity index (χ2n) is 7.94. The minimum atomic E-state index is -0.199. The third-order valence-corrected chi connectivity index (χ3v) is 5.97. The molecule has 0 radical (unpaired) electrons. The molecule has 3 aromatic carbocycles. The quantitative estimate of drug-likeness (QED) is 0.302. The number of thiocarbonyl (C=S) groups is 1. The van der Waals surface area contributed by atoms with E-state index in [1.54, 1.807) is 12.1 Å². The molecule has 168 valence electrons. The zero-order valence-electron chi connectivity index (χ0n) is 18.4. The van der Waals surface area contributed by atoms with Crippen molar-refractivity contribution in [2.75, 3.05) is 5.32 Å². The number of halogens is 1. The molecule has 0 saturated carbocycles. The molecule has 0 bridgehead atoms. The van der Waals surface area contributed by atoms with Crippen LogP contribution in [0.2, 0.25) is 5.02 Å². The molecule has 0 saturated heterocycles. The Morgan fingerprint density at radius 2 is 1.82 bits per heavy atom. The van der Waals surface area contributed by atoms with Crippen LogP contribution < -0.4 is 10.6 Å². The molecule has 5 nitrogen and oxygen atoms in total. The molecule has 1 atom stereocenters. The lowest BCUT2D eigenvalue weighted by molar-refractivity contribution is -0.119. The molecule has 0 aliphatic carbocycles. The fraction of sp³-hybridized carbons (Fsp3) is 0.192. The molecule has 1 heterocycles. The van der Waals surface area contributed by atoms with Gasteiger partial charge in [0.1, 0.15) is 5.52 Å². The number of amides is 1. The number of hydrogen-bond donors (Lipinski definition) is 2. The molecule has 33 heavy (non-hydrogen) atoms. The number of fused-ring (bicyclic) bond motifs is 1. The topological polar surface area (TPSA) is 67.2 Å². The van der Waals surface area contributed by atoms with Crippen molar-refractivity contribution in [3.8, 4) is 11.5 Å². The number of benzene rings is 3. The van der Waals surface area contributed by atoms with Gasteiger partial charge >= 0.3 is 0 Å². The summed E-state index contributed by atoms with van der Waals surface area (Å²) in [5, 5.41) is 6.59. The van der Waals surface area contributed by atoms with Crippen LogP contribution in [0.1, 0.15) is 37.3 Å². The van der Waals surface area contributed by atoms with E-state index in [1.807, 2.05) is 42.5 Å². The normalized spacial score (nSPS) is 11.8. The van der Waals surface area contributed by atoms with Crippen LogP contribution >= 0.6 is 23.8 Å². The average Bonchev–Trinajstić information content (AvgIpc) is 3.23. The first-order valence-corrected chi connectivity index (χ1v) is 11.6. The Bertz CT molecular complexity index is 1280. The Morgan fingerprint density at radius 3 is 2.52 bits per heavy atom. The molecule has 0 spiro atoms. The number of nitrogens with zero attached hydrogens (tertiary/aromatic N) is 1. The second-order valence-corrected chi connectivity index (χ2v) is 8.78. The molecular weight excluding hydrogens is 454 g/mol. The highest BCUT2D eigenvalue weighted by atomic mass is 35.5. The second kappa shape index (κ2) is 10.1. The van der Waals surface area contributed by atoms with E-state index < -0.39 is 0 Å². The maximum atomic E-state index is 12.2. The number of hydrogen-bond acceptors (Lipinski definition) is 4. The zero-order valence-corrected chi connectivity index (χ0v) is 20.0. The first kappa shape index (κ1) is 23.0. The van der Waals surface area contributed by atoms with Gasteiger partial charge in [-0.05, 0) is 84.2 Å². The van der Waals surface area contributed by atoms with Crippen molar-refractivity contribution in [3.05, 3.63) is 82.9 Å². The van der Waals surface area contributed by atoms with Crippen molar-refractivity contribution >= 4 is 51.6 Å². The first-order valence-electron chi connectivity index (χ1n) is 10.8. The third kappa shape index (κ3) is 5.78. The first-order chi connectivity index (χ1) is 15.9. The monoisotopic (exact) mass is 477 g/mol. The van der Waals surface area contributed by atoms with Gasteiger partial charge in [0.25, 0.3) is 0 Å². The van der Waals surface area contributed by atoms with Gasteiger partial charge in [-0.15, -0.1) is 0 Å². The Hall–Kier alpha value is -3.22. The summed E-state index contributed by atoms with van der Waals surface area (Å²) < 4.78 is 5.94. The Kier molecular flexibility index (Phi) is 7.06. The van der Waals surface area contributed by atoms with Gasteiger partial charge in [-0.2, -0.15) is 0 Å². The summed E-state index contributed by atoms with van der Waals surface area (Å²) >= 11 is 11.1. The van der Waals surface area contributed by atoms with E-state index in [9.17, 15) is 4.79 Å². The van der Waals surface area contributed by atoms with Crippen molar-refractivity contribution in [1.29, 1.82) is 0 Å². The van der Waals surface area contributed by atoms with Crippen LogP contribution in [-0.4, -0.2) is 16.0 Å². The highest BCUT2D eigenvalue weighted by molar-refractivity contribution is 7.80. The number of carbonyl (C=O) groups is 1. The van der Waals surface area contributed by atoms with Crippen LogP contribution in [0.5, 0.6) is 0 Å². The lowest BCUT2D eigenvalue weighted by Crippen LogP contribution is -2.35. The largest absolute Gasteiger partial charge is 0.436 e. The number of carbonyl (C=O) groups excluding carboxylic acids is 1. The summed E-state index contributed by atoms with van der Waals surface area (Å²) in [6.45, 7) is 4.38. The van der Waals surface area contributed by atoms with E-state index in [-0.39, 0.29) is 17.4 Å². The maximum Gasteiger partial charge on any atom is 0.230 e. The van der Waals surface area contributed by atoms with Crippen molar-refractivity contribution in [1.82, 2.24) is 10.3 Å². The van der Waals surface area contributed by atoms with Gasteiger partial charge in [-0.1, -0.05) is 43.6 Å². The van der Waals surface area contributed by atoms with Gasteiger partial charge in [0.15, 0.2) is 10.7 Å². The number of rotatable bonds is 6. The predicted molar refractivity (Wildman–Crippen MR) is 138 cm³/mol. The van der Waals surface area contributed by atoms with Crippen molar-refractivity contribution in [2.24, 2.45) is 0 Å². The number of oxazole rings is 1. The molecule has 0 aliphatic rings. The minimum Gasteiger partial charge on any atom is -0.436 e. The maximum absolute atomic E-state index is 12.2. The van der Waals surface area contributed by atoms with Crippen LogP contribution in [0.15, 0.2) is 71.1 Å². The summed E-state index contributed by atoms with van der Waals surface area (Å²) in [5.74, 6) is 0.849. The zero-order chi connectivity index (χ0) is 23.4. The van der Waals surface area contributed by atoms with E-state index in [4.69, 9.17) is 28.2 Å². The summed E-state index contributed by atoms with van der Waals surface area (Å²) in [6, 6.07) is 20.9. The average molecular weight is 478 g/mol. The van der Waals surface area contributed by atoms with E-state index in [2.05, 4.69) is 41.6 Å². The molecule has 0 fully saturated rings. The molecule has 7 heteroatoms. The smallest absolute Gasteiger partial charge is 0.230 e. The highest BCUT2D eigenvalue weighted by Crippen LogP contribution is 2.28. The van der Waals surface area contributed by atoms with E-state index in [1.165, 1.54) is 5.56 Å². The lowest BCUT2D eigenvalue weighted by Gasteiger charge is -2.10. The fourth-order valence-corrected chi connectivity index (χ4v) is 3.78. The van der Waals surface area contributed by atoms with Crippen LogP contribution in [0, 0.1) is 0 Å². The predicted octanol–water partition coefficient (Wildman–Crippen LogP) is 6.72. The lowest BCUT2D eigenvalue weighted by atomic mass is 9.98. The number of anilines is 1. The fourth-order valence-electron chi connectivity index (χ4n) is 3.43. The molecule has 0 aliphatic heterocycles. The van der Waals surface area contributed by atoms with Crippen molar-refractivity contribution in [2.45, 2.75) is 32.6 Å². The molecular formula is C26H24ClN3O2S. The van der Waals surface area contributed by atoms with Crippen LogP contribution in [0.3, 0.4) is 0 Å². The van der Waals surface area contributed by atoms with Crippen LogP contribution in [0.4, 0.5) is 5.69 Å². The Balaban J connectivity index is 1.38. The SMILES string of the molecule is CC[C@@H](C)c1ccc2oc(-c3ccc(NC(=S)NC(=O)Cc4ccc(Cl)cc4)cc3)nc2c1. The summed E-state index contributed by atoms with van der Waals surface area (Å²) in [4.78, 5) is 16.9. The van der Waals surface area contributed by atoms with Crippen molar-refractivity contribution < 1.29 is 9.21 Å². The molecule has 2 N–H and O–H groups in total. The van der Waals surface area contributed by atoms with Gasteiger partial charge in [-0.25, -0.2) is 4.98 Å². The van der Waals surface area contributed by atoms with Gasteiger partial charge in [-0.3, -0.25) is 4.79 Å². The molecule has 4 aromatic rings. The Labute approximate surface area is 203 Å². The highest BCUT2D eigenvalue weighted by Gasteiger charge is 2.12. The van der Waals surface area contributed by atoms with E-state index in [0.29, 0.717) is 16.8 Å². The summed E-state index contributed by atoms with van der Waals surface area (Å²) in [6.07, 6.45) is 1.29. The minimum absolute atomic E-state index is 0.199. The molecule has 1 amide bonds. The van der Waals surface area contributed by atoms with Gasteiger partial charge < -0.3 is 15.1 Å². The van der Waals surface area contributed by atoms with Gasteiger partial charge in [0, 0.05) is 16.3 Å². The summed E-state index contributed by atoms with van der Waals surface area (Å²) in [5.41, 5.74) is 5.36. The number of aromatic nitrogens is 1. The molecule has 0 unspecified atom stereocenters. The standard InChI is InChI=1S/C26H24ClN3O2S/c1-3-16(2)19-8-13-23-22(15-19)29-25(32-23)18-6-11-21(12-7-18)28-26(33)30-24(31)14-17-4-9-20(27)10-5-17/h4-13,15-16H,3,14H2,1-2H3,(H2,28,30,31,33)/t16-/m1/s1. The van der Waals surface area contributed by atoms with Crippen LogP contribution in [-0.2, 0) is 11.2 Å². The van der Waals surface area contributed by atoms with Crippen LogP contribution in [0.25, 0.3) is 22.6 Å². The van der Waals surface area contributed by atoms with E-state index in [0.717, 1.165) is 34.3 Å². The summed E-state index contributed by atoms with van der Waals surface area (Å²) in [7, 11) is 0. The van der Waals surface area contributed by atoms with Gasteiger partial charge in [0.2, 0.25) is 11.8 Å². The Morgan fingerprint density at radius 1 is 1.09 bits per heavy atom.